The molecule has 0 bridgehead atoms. The Bertz CT molecular complexity index is 1520. The van der Waals surface area contributed by atoms with E-state index in [0.29, 0.717) is 22.6 Å². The Morgan fingerprint density at radius 2 is 1.32 bits per heavy atom. The predicted molar refractivity (Wildman–Crippen MR) is 142 cm³/mol. The number of nitrogens with zero attached hydrogens (tertiary/aromatic N) is 2. The van der Waals surface area contributed by atoms with Crippen LogP contribution in [-0.2, 0) is 4.79 Å². The molecule has 3 aromatic rings. The summed E-state index contributed by atoms with van der Waals surface area (Å²) < 4.78 is 25.2. The van der Waals surface area contributed by atoms with Crippen molar-refractivity contribution in [2.75, 3.05) is 19.1 Å². The summed E-state index contributed by atoms with van der Waals surface area (Å²) in [6, 6.07) is 7.01. The minimum Gasteiger partial charge on any atom is -0.493 e. The number of aryl methyl sites for hydroxylation is 1. The molecule has 38 heavy (non-hydrogen) atoms. The van der Waals surface area contributed by atoms with E-state index in [-0.39, 0.29) is 36.9 Å². The van der Waals surface area contributed by atoms with Crippen LogP contribution in [0.15, 0.2) is 36.4 Å². The number of carbonyl (C=O) groups is 3. The number of halogens is 5. The average molecular weight is 598 g/mol. The van der Waals surface area contributed by atoms with Crippen LogP contribution in [0.1, 0.15) is 37.9 Å². The van der Waals surface area contributed by atoms with E-state index in [0.717, 1.165) is 4.90 Å². The molecule has 0 aromatic heterocycles. The molecule has 0 spiro atoms. The molecule has 12 heteroatoms. The third-order valence-corrected chi connectivity index (χ3v) is 8.46. The quantitative estimate of drug-likeness (QED) is 0.145. The van der Waals surface area contributed by atoms with Crippen LogP contribution >= 0.6 is 46.4 Å². The molecule has 196 valence electrons. The predicted octanol–water partition coefficient (Wildman–Crippen LogP) is 6.52. The topological polar surface area (TPSA) is 76.2 Å². The highest BCUT2D eigenvalue weighted by Crippen LogP contribution is 2.50. The first-order chi connectivity index (χ1) is 18.0. The molecule has 2 aliphatic heterocycles. The van der Waals surface area contributed by atoms with Gasteiger partial charge in [0.25, 0.3) is 17.7 Å². The van der Waals surface area contributed by atoms with Gasteiger partial charge in [-0.05, 0) is 42.3 Å². The van der Waals surface area contributed by atoms with E-state index in [4.69, 9.17) is 55.9 Å². The minimum absolute atomic E-state index is 0.187. The fraction of sp³-hybridized carbons (Fsp3) is 0.192. The fourth-order valence-electron chi connectivity index (χ4n) is 4.73. The maximum atomic E-state index is 14.5. The number of methoxy groups -OCH3 is 2. The van der Waals surface area contributed by atoms with Crippen molar-refractivity contribution in [2.24, 2.45) is 0 Å². The van der Waals surface area contributed by atoms with Gasteiger partial charge in [0.2, 0.25) is 0 Å². The number of β-lactam (4-membered cyclic amide) rings is 1. The average Bonchev–Trinajstić information content (AvgIpc) is 3.16. The molecule has 2 atom stereocenters. The maximum Gasteiger partial charge on any atom is 0.264 e. The van der Waals surface area contributed by atoms with E-state index in [9.17, 15) is 18.8 Å². The van der Waals surface area contributed by atoms with Crippen molar-refractivity contribution in [2.45, 2.75) is 19.0 Å². The van der Waals surface area contributed by atoms with Crippen LogP contribution in [0.25, 0.3) is 0 Å². The number of hydrogen-bond donors (Lipinski definition) is 0. The lowest BCUT2D eigenvalue weighted by Crippen LogP contribution is -2.67. The van der Waals surface area contributed by atoms with Gasteiger partial charge in [0.05, 0.1) is 51.5 Å². The second kappa shape index (κ2) is 9.61. The van der Waals surface area contributed by atoms with E-state index in [1.165, 1.54) is 31.3 Å². The van der Waals surface area contributed by atoms with Gasteiger partial charge in [0.15, 0.2) is 11.5 Å². The molecule has 0 unspecified atom stereocenters. The first kappa shape index (κ1) is 26.6. The molecule has 1 fully saturated rings. The molecule has 3 aromatic carbocycles. The molecular formula is C26H17Cl4FN2O5. The van der Waals surface area contributed by atoms with Gasteiger partial charge >= 0.3 is 0 Å². The van der Waals surface area contributed by atoms with Crippen LogP contribution in [0.2, 0.25) is 20.1 Å². The minimum atomic E-state index is -1.31. The molecule has 3 amide bonds. The largest absolute Gasteiger partial charge is 0.493 e. The molecule has 7 nitrogen and oxygen atoms in total. The number of imide groups is 1. The lowest BCUT2D eigenvalue weighted by Gasteiger charge is -2.49. The summed E-state index contributed by atoms with van der Waals surface area (Å²) in [7, 11) is 2.91. The van der Waals surface area contributed by atoms with Crippen molar-refractivity contribution in [3.05, 3.63) is 84.6 Å². The SMILES string of the molecule is COc1ccc([C@@H]2[C@@H](N3C(=O)c4c(Cl)c(Cl)c(Cl)c(Cl)c4C3=O)C(=O)N2c2ccc(C)c(F)c2)cc1OC. The van der Waals surface area contributed by atoms with Gasteiger partial charge in [-0.1, -0.05) is 58.5 Å². The second-order valence-electron chi connectivity index (χ2n) is 8.63. The van der Waals surface area contributed by atoms with Crippen LogP contribution in [-0.4, -0.2) is 42.9 Å². The normalized spacial score (nSPS) is 18.6. The van der Waals surface area contributed by atoms with Crippen molar-refractivity contribution in [1.82, 2.24) is 4.90 Å². The molecule has 0 saturated carbocycles. The summed E-state index contributed by atoms with van der Waals surface area (Å²) in [5.74, 6) is -2.07. The summed E-state index contributed by atoms with van der Waals surface area (Å²) in [5, 5.41) is -0.867. The van der Waals surface area contributed by atoms with Crippen molar-refractivity contribution in [3.63, 3.8) is 0 Å². The van der Waals surface area contributed by atoms with Gasteiger partial charge < -0.3 is 14.4 Å². The summed E-state index contributed by atoms with van der Waals surface area (Å²) in [4.78, 5) is 42.8. The van der Waals surface area contributed by atoms with Gasteiger partial charge in [-0.25, -0.2) is 4.39 Å². The zero-order valence-corrected chi connectivity index (χ0v) is 23.0. The van der Waals surface area contributed by atoms with Crippen LogP contribution in [0, 0.1) is 12.7 Å². The van der Waals surface area contributed by atoms with Crippen molar-refractivity contribution in [1.29, 1.82) is 0 Å². The van der Waals surface area contributed by atoms with Gasteiger partial charge in [0.1, 0.15) is 11.9 Å². The third-order valence-electron chi connectivity index (χ3n) is 6.66. The van der Waals surface area contributed by atoms with E-state index in [1.54, 1.807) is 31.2 Å². The first-order valence-corrected chi connectivity index (χ1v) is 12.6. The molecule has 2 heterocycles. The number of ether oxygens (including phenoxy) is 2. The molecule has 2 aliphatic rings. The summed E-state index contributed by atoms with van der Waals surface area (Å²) in [5.41, 5.74) is 0.648. The van der Waals surface area contributed by atoms with Gasteiger partial charge in [-0.2, -0.15) is 0 Å². The van der Waals surface area contributed by atoms with Crippen LogP contribution in [0.3, 0.4) is 0 Å². The van der Waals surface area contributed by atoms with Crippen LogP contribution < -0.4 is 14.4 Å². The van der Waals surface area contributed by atoms with Crippen molar-refractivity contribution >= 4 is 69.8 Å². The maximum absolute atomic E-state index is 14.5. The Balaban J connectivity index is 1.66. The van der Waals surface area contributed by atoms with Crippen molar-refractivity contribution in [3.8, 4) is 11.5 Å². The Labute approximate surface area is 236 Å². The highest BCUT2D eigenvalue weighted by atomic mass is 35.5. The highest BCUT2D eigenvalue weighted by Gasteiger charge is 2.58. The number of rotatable bonds is 5. The fourth-order valence-corrected chi connectivity index (χ4v) is 5.75. The van der Waals surface area contributed by atoms with E-state index in [1.807, 2.05) is 0 Å². The monoisotopic (exact) mass is 596 g/mol. The van der Waals surface area contributed by atoms with Crippen LogP contribution in [0.5, 0.6) is 11.5 Å². The Kier molecular flexibility index (Phi) is 6.72. The van der Waals surface area contributed by atoms with Crippen LogP contribution in [0.4, 0.5) is 10.1 Å². The third kappa shape index (κ3) is 3.73. The highest BCUT2D eigenvalue weighted by molar-refractivity contribution is 6.55. The van der Waals surface area contributed by atoms with E-state index >= 15 is 0 Å². The molecule has 1 saturated heterocycles. The van der Waals surface area contributed by atoms with Crippen molar-refractivity contribution < 1.29 is 28.2 Å². The summed E-state index contributed by atoms with van der Waals surface area (Å²) in [6.07, 6.45) is 0. The Hall–Kier alpha value is -3.04. The second-order valence-corrected chi connectivity index (χ2v) is 10.1. The summed E-state index contributed by atoms with van der Waals surface area (Å²) >= 11 is 24.8. The van der Waals surface area contributed by atoms with Gasteiger partial charge in [0, 0.05) is 5.69 Å². The molecule has 0 N–H and O–H groups in total. The van der Waals surface area contributed by atoms with Gasteiger partial charge in [-0.3, -0.25) is 19.3 Å². The molecule has 5 rings (SSSR count). The zero-order valence-electron chi connectivity index (χ0n) is 19.9. The number of hydrogen-bond acceptors (Lipinski definition) is 5. The number of fused-ring (bicyclic) bond motifs is 1. The smallest absolute Gasteiger partial charge is 0.264 e. The van der Waals surface area contributed by atoms with E-state index in [2.05, 4.69) is 0 Å². The zero-order chi connectivity index (χ0) is 27.6. The summed E-state index contributed by atoms with van der Waals surface area (Å²) in [6.45, 7) is 1.59. The molecular weight excluding hydrogens is 581 g/mol. The number of anilines is 1. The molecule has 0 aliphatic carbocycles. The standard InChI is InChI=1S/C26H17Cl4FN2O5/c1-10-4-6-12(9-13(10)31)32-22(11-5-7-14(37-2)15(8-11)38-3)23(26(32)36)33-24(34)16-17(25(33)35)19(28)21(30)20(29)18(16)27/h4-9,22-23H,1-3H3/t22-,23-/m1/s1. The van der Waals surface area contributed by atoms with E-state index < -0.39 is 35.6 Å². The first-order valence-electron chi connectivity index (χ1n) is 11.1. The van der Waals surface area contributed by atoms with Gasteiger partial charge in [-0.15, -0.1) is 0 Å². The number of carbonyl (C=O) groups excluding carboxylic acids is 3. The Morgan fingerprint density at radius 3 is 1.84 bits per heavy atom. The lowest BCUT2D eigenvalue weighted by atomic mass is 9.86. The lowest BCUT2D eigenvalue weighted by molar-refractivity contribution is -0.130. The molecule has 0 radical (unpaired) electrons. The number of benzene rings is 3. The number of amides is 3. The Morgan fingerprint density at radius 1 is 0.737 bits per heavy atom.